The summed E-state index contributed by atoms with van der Waals surface area (Å²) in [7, 11) is -12.1. The number of sulfonamides is 2. The summed E-state index contributed by atoms with van der Waals surface area (Å²) in [4.78, 5) is 24.1. The van der Waals surface area contributed by atoms with Crippen LogP contribution in [0, 0.1) is 5.41 Å². The van der Waals surface area contributed by atoms with Gasteiger partial charge in [0.25, 0.3) is 0 Å². The molecule has 0 aliphatic carbocycles. The maximum atomic E-state index is 12.7. The number of halogens is 6. The zero-order valence-electron chi connectivity index (χ0n) is 12.8. The van der Waals surface area contributed by atoms with Gasteiger partial charge in [0.2, 0.25) is 11.8 Å². The van der Waals surface area contributed by atoms with E-state index in [0.717, 1.165) is 0 Å². The number of hydrogen-bond donors (Lipinski definition) is 2. The summed E-state index contributed by atoms with van der Waals surface area (Å²) in [5, 5.41) is 3.31. The highest BCUT2D eigenvalue weighted by Gasteiger charge is 2.62. The number of carbonyl (C=O) groups is 2. The fourth-order valence-electron chi connectivity index (χ4n) is 2.45. The largest absolute Gasteiger partial charge is 0.511 e. The van der Waals surface area contributed by atoms with Crippen LogP contribution in [0.3, 0.4) is 0 Å². The van der Waals surface area contributed by atoms with Gasteiger partial charge < -0.3 is 10.6 Å². The average Bonchev–Trinajstić information content (AvgIpc) is 2.50. The molecule has 2 aliphatic rings. The minimum absolute atomic E-state index is 0.377. The minimum atomic E-state index is -6.05. The van der Waals surface area contributed by atoms with Gasteiger partial charge in [-0.3, -0.25) is 9.59 Å². The molecule has 0 unspecified atom stereocenters. The van der Waals surface area contributed by atoms with Gasteiger partial charge in [-0.15, -0.1) is 0 Å². The smallest absolute Gasteiger partial charge is 0.341 e. The van der Waals surface area contributed by atoms with Crippen LogP contribution >= 0.6 is 0 Å². The molecule has 2 fully saturated rings. The van der Waals surface area contributed by atoms with E-state index in [9.17, 15) is 52.8 Å². The topological polar surface area (TPSA) is 133 Å². The van der Waals surface area contributed by atoms with Crippen LogP contribution in [0.2, 0.25) is 0 Å². The van der Waals surface area contributed by atoms with Crippen molar-refractivity contribution in [2.75, 3.05) is 26.4 Å². The molecule has 156 valence electrons. The van der Waals surface area contributed by atoms with Crippen LogP contribution in [0.25, 0.3) is 0 Å². The summed E-state index contributed by atoms with van der Waals surface area (Å²) in [5.74, 6) is -2.84. The maximum Gasteiger partial charge on any atom is 0.511 e. The third-order valence-corrected chi connectivity index (χ3v) is 6.90. The van der Waals surface area contributed by atoms with Crippen LogP contribution in [0.15, 0.2) is 0 Å². The van der Waals surface area contributed by atoms with E-state index in [1.807, 2.05) is 0 Å². The monoisotopic (exact) mass is 448 g/mol. The summed E-state index contributed by atoms with van der Waals surface area (Å²) < 4.78 is 121. The van der Waals surface area contributed by atoms with E-state index in [-0.39, 0.29) is 8.61 Å². The van der Waals surface area contributed by atoms with Crippen LogP contribution in [0.4, 0.5) is 26.3 Å². The van der Waals surface area contributed by atoms with Crippen molar-refractivity contribution in [2.24, 2.45) is 5.41 Å². The van der Waals surface area contributed by atoms with E-state index < -0.39 is 74.7 Å². The summed E-state index contributed by atoms with van der Waals surface area (Å²) in [5.41, 5.74) is -14.5. The second kappa shape index (κ2) is 6.17. The lowest BCUT2D eigenvalue weighted by atomic mass is 9.83. The standard InChI is InChI=1S/C9H10F6N4O6S2/c10-8(11,12)26(22,23)18-1-7(5(20)16-3-18)2-19(4-17-6(7)21)27(24,25)9(13,14)15/h1-4H2,(H,16,20)(H,17,21). The van der Waals surface area contributed by atoms with Gasteiger partial charge in [0.1, 0.15) is 0 Å². The van der Waals surface area contributed by atoms with Gasteiger partial charge in [0, 0.05) is 13.1 Å². The molecule has 0 radical (unpaired) electrons. The van der Waals surface area contributed by atoms with Crippen LogP contribution in [0.1, 0.15) is 0 Å². The molecule has 0 bridgehead atoms. The fraction of sp³-hybridized carbons (Fsp3) is 0.778. The Morgan fingerprint density at radius 2 is 1.04 bits per heavy atom. The van der Waals surface area contributed by atoms with Gasteiger partial charge in [0.15, 0.2) is 5.41 Å². The zero-order valence-corrected chi connectivity index (χ0v) is 14.4. The number of carbonyl (C=O) groups excluding carboxylic acids is 2. The number of hydrogen-bond acceptors (Lipinski definition) is 6. The molecule has 10 nitrogen and oxygen atoms in total. The highest BCUT2D eigenvalue weighted by atomic mass is 32.2. The van der Waals surface area contributed by atoms with E-state index in [4.69, 9.17) is 0 Å². The molecule has 27 heavy (non-hydrogen) atoms. The summed E-state index contributed by atoms with van der Waals surface area (Å²) in [6.45, 7) is -5.42. The third kappa shape index (κ3) is 3.34. The maximum absolute atomic E-state index is 12.7. The quantitative estimate of drug-likeness (QED) is 0.388. The Kier molecular flexibility index (Phi) is 4.95. The zero-order chi connectivity index (χ0) is 21.1. The molecule has 2 N–H and O–H groups in total. The van der Waals surface area contributed by atoms with Crippen LogP contribution in [0.5, 0.6) is 0 Å². The molecule has 0 aromatic heterocycles. The Bertz CT molecular complexity index is 794. The van der Waals surface area contributed by atoms with Crippen molar-refractivity contribution in [3.8, 4) is 0 Å². The lowest BCUT2D eigenvalue weighted by molar-refractivity contribution is -0.151. The fourth-order valence-corrected chi connectivity index (χ4v) is 4.28. The molecule has 18 heteroatoms. The molecule has 0 atom stereocenters. The lowest BCUT2D eigenvalue weighted by Crippen LogP contribution is -2.72. The number of nitrogens with one attached hydrogen (secondary N) is 2. The molecule has 0 aromatic carbocycles. The van der Waals surface area contributed by atoms with Crippen LogP contribution in [-0.2, 0) is 29.6 Å². The van der Waals surface area contributed by atoms with Crippen LogP contribution in [-0.4, -0.2) is 74.7 Å². The molecule has 2 amide bonds. The van der Waals surface area contributed by atoms with E-state index in [2.05, 4.69) is 0 Å². The first-order valence-electron chi connectivity index (χ1n) is 6.66. The van der Waals surface area contributed by atoms with Crippen molar-refractivity contribution in [2.45, 2.75) is 11.0 Å². The SMILES string of the molecule is O=C1NCN(S(=O)(=O)C(F)(F)F)CC12CN(S(=O)(=O)C(F)(F)F)CNC2=O. The minimum Gasteiger partial charge on any atom is -0.341 e. The highest BCUT2D eigenvalue weighted by Crippen LogP contribution is 2.36. The predicted octanol–water partition coefficient (Wildman–Crippen LogP) is -1.55. The molecule has 2 saturated heterocycles. The Labute approximate surface area is 147 Å². The second-order valence-corrected chi connectivity index (χ2v) is 9.39. The van der Waals surface area contributed by atoms with E-state index in [1.54, 1.807) is 10.6 Å². The van der Waals surface area contributed by atoms with Crippen molar-refractivity contribution in [1.82, 2.24) is 19.2 Å². The van der Waals surface area contributed by atoms with E-state index >= 15 is 0 Å². The molecular weight excluding hydrogens is 438 g/mol. The third-order valence-electron chi connectivity index (χ3n) is 3.86. The Morgan fingerprint density at radius 1 is 0.741 bits per heavy atom. The molecule has 2 rings (SSSR count). The predicted molar refractivity (Wildman–Crippen MR) is 71.8 cm³/mol. The normalized spacial score (nSPS) is 23.2. The van der Waals surface area contributed by atoms with Crippen LogP contribution < -0.4 is 10.6 Å². The molecule has 0 aromatic rings. The second-order valence-electron chi connectivity index (χ2n) is 5.53. The van der Waals surface area contributed by atoms with Gasteiger partial charge >= 0.3 is 31.1 Å². The average molecular weight is 448 g/mol. The number of amides is 2. The van der Waals surface area contributed by atoms with Gasteiger partial charge in [-0.05, 0) is 0 Å². The van der Waals surface area contributed by atoms with Crippen molar-refractivity contribution in [3.05, 3.63) is 0 Å². The highest BCUT2D eigenvalue weighted by molar-refractivity contribution is 7.90. The van der Waals surface area contributed by atoms with Crippen molar-refractivity contribution >= 4 is 31.9 Å². The Hall–Kier alpha value is -1.66. The first kappa shape index (κ1) is 21.6. The van der Waals surface area contributed by atoms with E-state index in [0.29, 0.717) is 0 Å². The molecule has 2 heterocycles. The lowest BCUT2D eigenvalue weighted by Gasteiger charge is -2.44. The summed E-state index contributed by atoms with van der Waals surface area (Å²) in [6.07, 6.45) is 0. The first-order valence-corrected chi connectivity index (χ1v) is 9.54. The summed E-state index contributed by atoms with van der Waals surface area (Å²) >= 11 is 0. The van der Waals surface area contributed by atoms with Gasteiger partial charge in [-0.25, -0.2) is 16.8 Å². The van der Waals surface area contributed by atoms with Gasteiger partial charge in [0.05, 0.1) is 13.3 Å². The van der Waals surface area contributed by atoms with Crippen molar-refractivity contribution in [1.29, 1.82) is 0 Å². The number of alkyl halides is 6. The molecule has 1 spiro atoms. The Morgan fingerprint density at radius 3 is 1.30 bits per heavy atom. The molecular formula is C9H10F6N4O6S2. The van der Waals surface area contributed by atoms with Crippen molar-refractivity contribution < 1.29 is 52.8 Å². The van der Waals surface area contributed by atoms with E-state index in [1.165, 1.54) is 0 Å². The number of rotatable bonds is 2. The van der Waals surface area contributed by atoms with Gasteiger partial charge in [-0.2, -0.15) is 35.0 Å². The molecule has 0 saturated carbocycles. The Balaban J connectivity index is 2.46. The van der Waals surface area contributed by atoms with Crippen molar-refractivity contribution in [3.63, 3.8) is 0 Å². The molecule has 2 aliphatic heterocycles. The van der Waals surface area contributed by atoms with Gasteiger partial charge in [-0.1, -0.05) is 0 Å². The number of nitrogens with zero attached hydrogens (tertiary/aromatic N) is 2. The summed E-state index contributed by atoms with van der Waals surface area (Å²) in [6, 6.07) is 0. The first-order chi connectivity index (χ1) is 12.0.